The molecule has 0 saturated carbocycles. The summed E-state index contributed by atoms with van der Waals surface area (Å²) in [6, 6.07) is 9.84. The van der Waals surface area contributed by atoms with Gasteiger partial charge in [0.05, 0.1) is 19.8 Å². The van der Waals surface area contributed by atoms with Crippen LogP contribution in [-0.4, -0.2) is 71.6 Å². The summed E-state index contributed by atoms with van der Waals surface area (Å²) in [6.45, 7) is 4.86. The van der Waals surface area contributed by atoms with Crippen molar-refractivity contribution in [2.45, 2.75) is 186 Å². The molecule has 0 radical (unpaired) electrons. The number of carbonyl (C=O) groups excluding carboxylic acids is 4. The first-order valence-corrected chi connectivity index (χ1v) is 22.7. The molecule has 0 spiro atoms. The molecule has 3 rings (SSSR count). The van der Waals surface area contributed by atoms with E-state index in [1.54, 1.807) is 0 Å². The molecule has 0 bridgehead atoms. The van der Waals surface area contributed by atoms with Crippen molar-refractivity contribution in [3.8, 4) is 0 Å². The number of hydrogen-bond donors (Lipinski definition) is 1. The van der Waals surface area contributed by atoms with E-state index in [4.69, 9.17) is 58.1 Å². The Balaban J connectivity index is 0.000000536. The van der Waals surface area contributed by atoms with Crippen molar-refractivity contribution in [2.75, 3.05) is 26.4 Å². The highest BCUT2D eigenvalue weighted by Gasteiger charge is 2.43. The Morgan fingerprint density at radius 2 is 1.02 bits per heavy atom. The Labute approximate surface area is 357 Å². The van der Waals surface area contributed by atoms with Gasteiger partial charge in [0.25, 0.3) is 0 Å². The van der Waals surface area contributed by atoms with Crippen LogP contribution in [0.4, 0.5) is 0 Å². The largest absolute Gasteiger partial charge is 0.461 e. The smallest absolute Gasteiger partial charge is 0.450 e. The molecule has 0 aromatic heterocycles. The zero-order valence-electron chi connectivity index (χ0n) is 34.7. The summed E-state index contributed by atoms with van der Waals surface area (Å²) in [5.41, 5.74) is -0.801. The maximum atomic E-state index is 12.1. The summed E-state index contributed by atoms with van der Waals surface area (Å²) in [4.78, 5) is 45.9. The Morgan fingerprint density at radius 1 is 0.632 bits per heavy atom. The molecule has 14 heteroatoms. The Bertz CT molecular complexity index is 1210. The average Bonchev–Trinajstić information content (AvgIpc) is 3.77. The maximum absolute atomic E-state index is 12.1. The fourth-order valence-corrected chi connectivity index (χ4v) is 6.51. The molecule has 0 amide bonds. The summed E-state index contributed by atoms with van der Waals surface area (Å²) >= 11 is 14.4. The lowest BCUT2D eigenvalue weighted by Gasteiger charge is -2.27. The van der Waals surface area contributed by atoms with Crippen molar-refractivity contribution in [2.24, 2.45) is 0 Å². The first-order chi connectivity index (χ1) is 27.5. The second-order valence-electron chi connectivity index (χ2n) is 15.2. The van der Waals surface area contributed by atoms with Crippen molar-refractivity contribution >= 4 is 63.2 Å². The van der Waals surface area contributed by atoms with Crippen LogP contribution in [0.2, 0.25) is 0 Å². The van der Waals surface area contributed by atoms with Crippen LogP contribution in [0, 0.1) is 0 Å². The summed E-state index contributed by atoms with van der Waals surface area (Å²) in [6.07, 6.45) is 24.1. The Hall–Kier alpha value is -2.05. The minimum Gasteiger partial charge on any atom is -0.461 e. The van der Waals surface area contributed by atoms with Gasteiger partial charge in [0.1, 0.15) is 13.2 Å². The minimum atomic E-state index is -1.01. The van der Waals surface area contributed by atoms with Gasteiger partial charge in [0.15, 0.2) is 11.2 Å². The molecule has 1 aromatic rings. The maximum Gasteiger partial charge on any atom is 0.450 e. The molecule has 2 unspecified atom stereocenters. The second-order valence-corrected chi connectivity index (χ2v) is 17.2. The quantitative estimate of drug-likeness (QED) is 0.0359. The van der Waals surface area contributed by atoms with Gasteiger partial charge < -0.3 is 28.8 Å². The SMILES string of the molecule is CCCCCCCCCCCC(=O)OCC1(CO)CCC(=O)O1.CCCCCCCCCCCC(=O)OCC1(COCc2ccccc2)CCC(=O)O1.ClB(Cl)Cl. The standard InChI is InChI=1S/C25H38O5.C18H32O5.BCl3/c1-2-3-4-5-6-7-8-9-13-16-23(26)29-21-25(18-17-24(27)30-25)20-28-19-22-14-11-10-12-15-22;1-2-3-4-5-6-7-8-9-10-11-16(20)22-15-18(14-19)13-12-17(21)23-18;2-1(3)4/h10-12,14-15H,2-9,13,16-21H2,1H3;19H,2-15H2,1H3;. The number of aliphatic hydroxyl groups is 1. The number of aliphatic hydroxyl groups excluding tert-OH is 1. The number of hydrogen-bond acceptors (Lipinski definition) is 10. The molecule has 1 aromatic carbocycles. The zero-order chi connectivity index (χ0) is 42.0. The van der Waals surface area contributed by atoms with Crippen LogP contribution in [0.25, 0.3) is 0 Å². The second kappa shape index (κ2) is 33.8. The predicted molar refractivity (Wildman–Crippen MR) is 228 cm³/mol. The number of unbranched alkanes of at least 4 members (excludes halogenated alkanes) is 16. The van der Waals surface area contributed by atoms with Crippen molar-refractivity contribution in [1.29, 1.82) is 0 Å². The number of halogens is 3. The lowest BCUT2D eigenvalue weighted by Crippen LogP contribution is -2.40. The third-order valence-electron chi connectivity index (χ3n) is 9.96. The van der Waals surface area contributed by atoms with E-state index < -0.39 is 16.2 Å². The molecule has 2 aliphatic rings. The Morgan fingerprint density at radius 3 is 1.40 bits per heavy atom. The number of cyclic esters (lactones) is 2. The van der Waals surface area contributed by atoms with Gasteiger partial charge in [-0.25, -0.2) is 0 Å². The summed E-state index contributed by atoms with van der Waals surface area (Å²) in [5, 5.41) is 9.33. The van der Waals surface area contributed by atoms with Gasteiger partial charge in [-0.05, 0) is 18.4 Å². The van der Waals surface area contributed by atoms with E-state index in [9.17, 15) is 24.3 Å². The van der Waals surface area contributed by atoms with Gasteiger partial charge in [-0.1, -0.05) is 147 Å². The van der Waals surface area contributed by atoms with Crippen LogP contribution < -0.4 is 0 Å². The topological polar surface area (TPSA) is 135 Å². The number of ether oxygens (including phenoxy) is 5. The highest BCUT2D eigenvalue weighted by atomic mass is 35.6. The van der Waals surface area contributed by atoms with Gasteiger partial charge in [-0.3, -0.25) is 19.2 Å². The fourth-order valence-electron chi connectivity index (χ4n) is 6.51. The van der Waals surface area contributed by atoms with Crippen LogP contribution >= 0.6 is 34.4 Å². The van der Waals surface area contributed by atoms with Crippen molar-refractivity contribution in [3.63, 3.8) is 0 Å². The lowest BCUT2D eigenvalue weighted by molar-refractivity contribution is -0.169. The lowest BCUT2D eigenvalue weighted by atomic mass is 10.0. The van der Waals surface area contributed by atoms with Crippen molar-refractivity contribution in [3.05, 3.63) is 35.9 Å². The molecule has 0 aliphatic carbocycles. The van der Waals surface area contributed by atoms with E-state index in [-0.39, 0.29) is 56.7 Å². The van der Waals surface area contributed by atoms with E-state index in [0.29, 0.717) is 38.7 Å². The molecule has 2 saturated heterocycles. The molecule has 326 valence electrons. The molecule has 2 fully saturated rings. The van der Waals surface area contributed by atoms with Gasteiger partial charge in [0.2, 0.25) is 0 Å². The first-order valence-electron chi connectivity index (χ1n) is 21.4. The monoisotopic (exact) mass is 862 g/mol. The third kappa shape index (κ3) is 28.1. The van der Waals surface area contributed by atoms with Crippen LogP contribution in [0.1, 0.15) is 174 Å². The van der Waals surface area contributed by atoms with E-state index in [0.717, 1.165) is 37.7 Å². The normalized spacial score (nSPS) is 18.4. The van der Waals surface area contributed by atoms with E-state index >= 15 is 0 Å². The first kappa shape index (κ1) is 53.0. The van der Waals surface area contributed by atoms with Gasteiger partial charge in [0, 0.05) is 38.5 Å². The van der Waals surface area contributed by atoms with Crippen LogP contribution in [-0.2, 0) is 49.5 Å². The van der Waals surface area contributed by atoms with E-state index in [2.05, 4.69) is 13.8 Å². The van der Waals surface area contributed by atoms with Crippen molar-refractivity contribution in [1.82, 2.24) is 0 Å². The zero-order valence-corrected chi connectivity index (χ0v) is 37.0. The number of esters is 4. The van der Waals surface area contributed by atoms with E-state index in [1.807, 2.05) is 30.3 Å². The molecule has 57 heavy (non-hydrogen) atoms. The van der Waals surface area contributed by atoms with Gasteiger partial charge in [-0.2, -0.15) is 34.4 Å². The number of carbonyl (C=O) groups is 4. The highest BCUT2D eigenvalue weighted by Crippen LogP contribution is 2.29. The molecular formula is C43H70BCl3O10. The molecule has 2 atom stereocenters. The summed E-state index contributed by atoms with van der Waals surface area (Å²) < 4.78 is 27.0. The molecule has 10 nitrogen and oxygen atoms in total. The summed E-state index contributed by atoms with van der Waals surface area (Å²) in [5.74, 6) is -1.09. The predicted octanol–water partition coefficient (Wildman–Crippen LogP) is 10.9. The van der Waals surface area contributed by atoms with Crippen LogP contribution in [0.5, 0.6) is 0 Å². The van der Waals surface area contributed by atoms with Crippen LogP contribution in [0.3, 0.4) is 0 Å². The van der Waals surface area contributed by atoms with Gasteiger partial charge >= 0.3 is 28.8 Å². The van der Waals surface area contributed by atoms with Crippen LogP contribution in [0.15, 0.2) is 30.3 Å². The van der Waals surface area contributed by atoms with Crippen molar-refractivity contribution < 1.29 is 48.0 Å². The number of rotatable bonds is 29. The number of benzene rings is 1. The molecule has 2 aliphatic heterocycles. The average molecular weight is 864 g/mol. The fraction of sp³-hybridized carbons (Fsp3) is 0.767. The molecule has 2 heterocycles. The Kier molecular flexibility index (Phi) is 31.4. The minimum absolute atomic E-state index is 0.0362. The summed E-state index contributed by atoms with van der Waals surface area (Å²) in [7, 11) is 0. The van der Waals surface area contributed by atoms with E-state index in [1.165, 1.54) is 83.5 Å². The van der Waals surface area contributed by atoms with Gasteiger partial charge in [-0.15, -0.1) is 0 Å². The molecule has 1 N–H and O–H groups in total. The molecular weight excluding hydrogens is 794 g/mol. The third-order valence-corrected chi connectivity index (χ3v) is 9.96. The highest BCUT2D eigenvalue weighted by molar-refractivity contribution is 7.54.